The van der Waals surface area contributed by atoms with Gasteiger partial charge in [-0.15, -0.1) is 0 Å². The summed E-state index contributed by atoms with van der Waals surface area (Å²) in [5.41, 5.74) is 6.12. The topological polar surface area (TPSA) is 61.9 Å². The molecule has 0 atom stereocenters. The fourth-order valence-electron chi connectivity index (χ4n) is 7.85. The molecule has 4 aromatic rings. The molecule has 2 heterocycles. The van der Waals surface area contributed by atoms with Gasteiger partial charge in [-0.05, 0) is 122 Å². The third-order valence-corrected chi connectivity index (χ3v) is 10.9. The fourth-order valence-corrected chi connectivity index (χ4v) is 7.85. The number of hydrogen-bond acceptors (Lipinski definition) is 4. The van der Waals surface area contributed by atoms with Crippen molar-refractivity contribution >= 4 is 11.8 Å². The highest BCUT2D eigenvalue weighted by atomic mass is 16.5. The van der Waals surface area contributed by atoms with E-state index >= 15 is 0 Å². The van der Waals surface area contributed by atoms with Crippen LogP contribution in [-0.2, 0) is 24.2 Å². The summed E-state index contributed by atoms with van der Waals surface area (Å²) in [5, 5.41) is 3.48. The SMILES string of the molecule is COc1cccc(CC(=O)N(CCCc2ccccc2)Cc2cccc(-c3cccc(C(=O)N4CCC(CCCC5CCNCC5)CC4)c3)c2)c1. The average Bonchev–Trinajstić information content (AvgIpc) is 3.18. The minimum absolute atomic E-state index is 0.0971. The van der Waals surface area contributed by atoms with Gasteiger partial charge in [-0.1, -0.05) is 92.1 Å². The number of aryl methyl sites for hydroxylation is 1. The van der Waals surface area contributed by atoms with Crippen molar-refractivity contribution in [1.29, 1.82) is 0 Å². The van der Waals surface area contributed by atoms with Crippen LogP contribution in [0.3, 0.4) is 0 Å². The van der Waals surface area contributed by atoms with Gasteiger partial charge in [-0.3, -0.25) is 9.59 Å². The Morgan fingerprint density at radius 2 is 1.39 bits per heavy atom. The summed E-state index contributed by atoms with van der Waals surface area (Å²) < 4.78 is 5.40. The molecule has 1 N–H and O–H groups in total. The van der Waals surface area contributed by atoms with Crippen molar-refractivity contribution in [3.8, 4) is 16.9 Å². The number of likely N-dealkylation sites (tertiary alicyclic amines) is 1. The first-order chi connectivity index (χ1) is 25.0. The molecule has 0 aliphatic carbocycles. The quantitative estimate of drug-likeness (QED) is 0.136. The number of hydrogen-bond donors (Lipinski definition) is 1. The summed E-state index contributed by atoms with van der Waals surface area (Å²) >= 11 is 0. The summed E-state index contributed by atoms with van der Waals surface area (Å²) in [5.74, 6) is 2.63. The fraction of sp³-hybridized carbons (Fsp3) is 0.422. The van der Waals surface area contributed by atoms with E-state index in [-0.39, 0.29) is 11.8 Å². The molecule has 0 saturated carbocycles. The molecule has 6 heteroatoms. The number of carbonyl (C=O) groups excluding carboxylic acids is 2. The normalized spacial score (nSPS) is 15.4. The molecule has 6 nitrogen and oxygen atoms in total. The third-order valence-electron chi connectivity index (χ3n) is 10.9. The van der Waals surface area contributed by atoms with Crippen molar-refractivity contribution in [1.82, 2.24) is 15.1 Å². The van der Waals surface area contributed by atoms with Gasteiger partial charge in [-0.2, -0.15) is 0 Å². The summed E-state index contributed by atoms with van der Waals surface area (Å²) in [7, 11) is 1.65. The molecule has 0 radical (unpaired) electrons. The second-order valence-electron chi connectivity index (χ2n) is 14.6. The second kappa shape index (κ2) is 18.7. The van der Waals surface area contributed by atoms with Gasteiger partial charge in [0, 0.05) is 31.7 Å². The monoisotopic (exact) mass is 685 g/mol. The Balaban J connectivity index is 1.07. The molecule has 2 fully saturated rings. The number of nitrogens with zero attached hydrogens (tertiary/aromatic N) is 2. The van der Waals surface area contributed by atoms with E-state index in [9.17, 15) is 9.59 Å². The molecule has 6 rings (SSSR count). The molecule has 2 saturated heterocycles. The molecule has 268 valence electrons. The lowest BCUT2D eigenvalue weighted by Gasteiger charge is -2.32. The van der Waals surface area contributed by atoms with Crippen LogP contribution in [0.1, 0.15) is 78.4 Å². The van der Waals surface area contributed by atoms with Gasteiger partial charge in [-0.25, -0.2) is 0 Å². The zero-order valence-electron chi connectivity index (χ0n) is 30.4. The standard InChI is InChI=1S/C45H55N3O3/c1-51-43-20-7-14-38(31-43)32-44(49)48(27-9-16-35-10-3-2-4-11-35)34-39-15-6-17-40(30-39)41-18-8-19-42(33-41)45(50)47-28-23-37(24-29-47)13-5-12-36-21-25-46-26-22-36/h2-4,6-8,10-11,14-15,17-20,30-31,33,36-37,46H,5,9,12-13,16,21-29,32,34H2,1H3. The van der Waals surface area contributed by atoms with Crippen LogP contribution in [-0.4, -0.2) is 61.4 Å². The number of amides is 2. The van der Waals surface area contributed by atoms with Crippen molar-refractivity contribution in [2.24, 2.45) is 11.8 Å². The lowest BCUT2D eigenvalue weighted by molar-refractivity contribution is -0.131. The molecule has 2 aliphatic heterocycles. The smallest absolute Gasteiger partial charge is 0.253 e. The first-order valence-corrected chi connectivity index (χ1v) is 19.2. The molecule has 0 bridgehead atoms. The Kier molecular flexibility index (Phi) is 13.3. The number of nitrogens with one attached hydrogen (secondary N) is 1. The van der Waals surface area contributed by atoms with Crippen molar-refractivity contribution in [2.75, 3.05) is 39.8 Å². The van der Waals surface area contributed by atoms with E-state index in [1.807, 2.05) is 53.4 Å². The van der Waals surface area contributed by atoms with Crippen LogP contribution in [0, 0.1) is 11.8 Å². The maximum Gasteiger partial charge on any atom is 0.253 e. The lowest BCUT2D eigenvalue weighted by atomic mass is 9.87. The molecule has 0 aromatic heterocycles. The minimum Gasteiger partial charge on any atom is -0.497 e. The van der Waals surface area contributed by atoms with Crippen LogP contribution in [0.25, 0.3) is 11.1 Å². The van der Waals surface area contributed by atoms with Crippen molar-refractivity contribution in [3.05, 3.63) is 125 Å². The highest BCUT2D eigenvalue weighted by Gasteiger charge is 2.24. The molecule has 2 aliphatic rings. The van der Waals surface area contributed by atoms with Crippen molar-refractivity contribution in [3.63, 3.8) is 0 Å². The van der Waals surface area contributed by atoms with E-state index in [0.29, 0.717) is 19.5 Å². The predicted molar refractivity (Wildman–Crippen MR) is 207 cm³/mol. The van der Waals surface area contributed by atoms with Crippen LogP contribution in [0.15, 0.2) is 103 Å². The minimum atomic E-state index is 0.0971. The number of methoxy groups -OCH3 is 1. The second-order valence-corrected chi connectivity index (χ2v) is 14.6. The van der Waals surface area contributed by atoms with Crippen LogP contribution >= 0.6 is 0 Å². The maximum atomic E-state index is 13.8. The first-order valence-electron chi connectivity index (χ1n) is 19.2. The number of ether oxygens (including phenoxy) is 1. The Hall–Kier alpha value is -4.42. The number of benzene rings is 4. The van der Waals surface area contributed by atoms with E-state index in [1.165, 1.54) is 50.8 Å². The van der Waals surface area contributed by atoms with Gasteiger partial charge in [0.1, 0.15) is 5.75 Å². The van der Waals surface area contributed by atoms with E-state index < -0.39 is 0 Å². The van der Waals surface area contributed by atoms with Crippen molar-refractivity contribution < 1.29 is 14.3 Å². The third kappa shape index (κ3) is 10.8. The van der Waals surface area contributed by atoms with E-state index in [1.54, 1.807) is 7.11 Å². The van der Waals surface area contributed by atoms with Gasteiger partial charge < -0.3 is 19.9 Å². The van der Waals surface area contributed by atoms with Gasteiger partial charge in [0.25, 0.3) is 5.91 Å². The molecule has 2 amide bonds. The first kappa shape index (κ1) is 36.4. The maximum absolute atomic E-state index is 13.8. The Morgan fingerprint density at radius 1 is 0.725 bits per heavy atom. The lowest BCUT2D eigenvalue weighted by Crippen LogP contribution is -2.38. The summed E-state index contributed by atoms with van der Waals surface area (Å²) in [4.78, 5) is 31.5. The number of carbonyl (C=O) groups is 2. The van der Waals surface area contributed by atoms with Crippen molar-refractivity contribution in [2.45, 2.75) is 70.8 Å². The molecule has 0 unspecified atom stereocenters. The van der Waals surface area contributed by atoms with Gasteiger partial charge in [0.15, 0.2) is 0 Å². The Labute approximate surface area is 305 Å². The zero-order chi connectivity index (χ0) is 35.3. The Morgan fingerprint density at radius 3 is 2.16 bits per heavy atom. The summed E-state index contributed by atoms with van der Waals surface area (Å²) in [6.07, 6.45) is 11.0. The molecular weight excluding hydrogens is 631 g/mol. The molecule has 51 heavy (non-hydrogen) atoms. The Bertz CT molecular complexity index is 1690. The van der Waals surface area contributed by atoms with Gasteiger partial charge in [0.05, 0.1) is 13.5 Å². The molecule has 4 aromatic carbocycles. The molecule has 0 spiro atoms. The van der Waals surface area contributed by atoms with E-state index in [2.05, 4.69) is 64.8 Å². The van der Waals surface area contributed by atoms with Crippen LogP contribution in [0.5, 0.6) is 5.75 Å². The van der Waals surface area contributed by atoms with Crippen LogP contribution in [0.2, 0.25) is 0 Å². The molecular formula is C45H55N3O3. The predicted octanol–water partition coefficient (Wildman–Crippen LogP) is 8.59. The van der Waals surface area contributed by atoms with E-state index in [0.717, 1.165) is 84.2 Å². The largest absolute Gasteiger partial charge is 0.497 e. The van der Waals surface area contributed by atoms with Gasteiger partial charge in [0.2, 0.25) is 5.91 Å². The summed E-state index contributed by atoms with van der Waals surface area (Å²) in [6.45, 7) is 5.25. The highest BCUT2D eigenvalue weighted by Crippen LogP contribution is 2.28. The van der Waals surface area contributed by atoms with Crippen LogP contribution in [0.4, 0.5) is 0 Å². The number of rotatable bonds is 15. The van der Waals surface area contributed by atoms with Gasteiger partial charge >= 0.3 is 0 Å². The number of piperidine rings is 2. The highest BCUT2D eigenvalue weighted by molar-refractivity contribution is 5.95. The van der Waals surface area contributed by atoms with E-state index in [4.69, 9.17) is 4.74 Å². The zero-order valence-corrected chi connectivity index (χ0v) is 30.4. The van der Waals surface area contributed by atoms with Crippen LogP contribution < -0.4 is 10.1 Å². The summed E-state index contributed by atoms with van der Waals surface area (Å²) in [6, 6.07) is 34.7. The average molecular weight is 686 g/mol.